The lowest BCUT2D eigenvalue weighted by Gasteiger charge is -2.17. The monoisotopic (exact) mass is 684 g/mol. The number of carbonyl (C=O) groups is 1. The molecular weight excluding hydrogens is 656 g/mol. The van der Waals surface area contributed by atoms with Crippen molar-refractivity contribution in [3.05, 3.63) is 126 Å². The standard InChI is InChI=1S/C34H29BrN4O7/c1-19(2)26-16-27(20(3)12-30(26)45-4)32-37-28-11-6-5-10-25(28)33(40)38(32)36-17-23-14-24(35)15-29(39(43)44)31(23)46-18-21-8-7-9-22(13-21)34(41)42/h5-17,19H,18H2,1-4H3,(H,41,42). The van der Waals surface area contributed by atoms with Crippen LogP contribution in [-0.4, -0.2) is 39.0 Å². The maximum Gasteiger partial charge on any atom is 0.335 e. The number of aromatic carboxylic acids is 1. The van der Waals surface area contributed by atoms with Crippen LogP contribution < -0.4 is 15.0 Å². The number of carboxylic acid groups (broad SMARTS) is 1. The van der Waals surface area contributed by atoms with E-state index in [2.05, 4.69) is 21.0 Å². The molecule has 0 spiro atoms. The van der Waals surface area contributed by atoms with Gasteiger partial charge in [-0.25, -0.2) is 9.78 Å². The summed E-state index contributed by atoms with van der Waals surface area (Å²) in [4.78, 5) is 41.7. The first kappa shape index (κ1) is 32.0. The van der Waals surface area contributed by atoms with Gasteiger partial charge in [0.05, 0.1) is 34.7 Å². The van der Waals surface area contributed by atoms with Crippen molar-refractivity contribution in [2.75, 3.05) is 7.11 Å². The number of hydrogen-bond donors (Lipinski definition) is 1. The van der Waals surface area contributed by atoms with Crippen LogP contribution in [0.4, 0.5) is 5.69 Å². The number of nitro groups is 1. The van der Waals surface area contributed by atoms with Gasteiger partial charge in [-0.3, -0.25) is 14.9 Å². The number of carboxylic acids is 1. The van der Waals surface area contributed by atoms with E-state index < -0.39 is 16.5 Å². The third-order valence-electron chi connectivity index (χ3n) is 7.32. The van der Waals surface area contributed by atoms with Crippen LogP contribution in [-0.2, 0) is 6.61 Å². The fourth-order valence-electron chi connectivity index (χ4n) is 5.03. The molecule has 4 aromatic carbocycles. The number of aromatic nitrogens is 2. The smallest absolute Gasteiger partial charge is 0.335 e. The van der Waals surface area contributed by atoms with E-state index in [-0.39, 0.29) is 40.9 Å². The fourth-order valence-corrected chi connectivity index (χ4v) is 5.49. The van der Waals surface area contributed by atoms with Crippen LogP contribution in [0.25, 0.3) is 22.3 Å². The van der Waals surface area contributed by atoms with Gasteiger partial charge in [-0.2, -0.15) is 9.78 Å². The second kappa shape index (κ2) is 13.3. The first-order chi connectivity index (χ1) is 22.0. The van der Waals surface area contributed by atoms with Gasteiger partial charge in [-0.15, -0.1) is 0 Å². The minimum Gasteiger partial charge on any atom is -0.496 e. The minimum absolute atomic E-state index is 0.0540. The van der Waals surface area contributed by atoms with E-state index >= 15 is 0 Å². The van der Waals surface area contributed by atoms with Gasteiger partial charge in [0, 0.05) is 21.7 Å². The molecule has 1 aromatic heterocycles. The fraction of sp³-hybridized carbons (Fsp3) is 0.176. The van der Waals surface area contributed by atoms with Crippen molar-refractivity contribution in [2.24, 2.45) is 5.10 Å². The van der Waals surface area contributed by atoms with E-state index in [1.54, 1.807) is 49.6 Å². The molecule has 5 rings (SSSR count). The highest BCUT2D eigenvalue weighted by molar-refractivity contribution is 9.10. The van der Waals surface area contributed by atoms with Crippen molar-refractivity contribution in [2.45, 2.75) is 33.3 Å². The largest absolute Gasteiger partial charge is 0.496 e. The van der Waals surface area contributed by atoms with Gasteiger partial charge in [0.15, 0.2) is 5.82 Å². The number of aryl methyl sites for hydroxylation is 1. The Labute approximate surface area is 272 Å². The average Bonchev–Trinajstić information content (AvgIpc) is 3.03. The van der Waals surface area contributed by atoms with Crippen LogP contribution in [0.1, 0.15) is 52.4 Å². The summed E-state index contributed by atoms with van der Waals surface area (Å²) >= 11 is 3.33. The van der Waals surface area contributed by atoms with E-state index in [1.807, 2.05) is 32.9 Å². The summed E-state index contributed by atoms with van der Waals surface area (Å²) in [6.45, 7) is 5.81. The first-order valence-electron chi connectivity index (χ1n) is 14.2. The second-order valence-corrected chi connectivity index (χ2v) is 11.7. The molecule has 12 heteroatoms. The molecule has 0 aliphatic heterocycles. The van der Waals surface area contributed by atoms with Gasteiger partial charge in [-0.1, -0.05) is 54.0 Å². The SMILES string of the molecule is COc1cc(C)c(-c2nc3ccccc3c(=O)n2N=Cc2cc(Br)cc([N+](=O)[O-])c2OCc2cccc(C(=O)O)c2)cc1C(C)C. The molecule has 5 aromatic rings. The van der Waals surface area contributed by atoms with Crippen LogP contribution >= 0.6 is 15.9 Å². The molecule has 234 valence electrons. The Morgan fingerprint density at radius 2 is 1.89 bits per heavy atom. The molecule has 0 radical (unpaired) electrons. The number of nitro benzene ring substituents is 1. The van der Waals surface area contributed by atoms with E-state index in [0.717, 1.165) is 11.1 Å². The van der Waals surface area contributed by atoms with Crippen molar-refractivity contribution in [3.8, 4) is 22.9 Å². The third kappa shape index (κ3) is 6.52. The maximum absolute atomic E-state index is 13.9. The molecule has 0 atom stereocenters. The predicted molar refractivity (Wildman–Crippen MR) is 178 cm³/mol. The molecule has 0 aliphatic rings. The number of benzene rings is 4. The van der Waals surface area contributed by atoms with E-state index in [1.165, 1.54) is 29.1 Å². The van der Waals surface area contributed by atoms with Crippen molar-refractivity contribution >= 4 is 44.7 Å². The molecule has 0 saturated heterocycles. The Morgan fingerprint density at radius 1 is 1.13 bits per heavy atom. The van der Waals surface area contributed by atoms with Gasteiger partial charge in [-0.05, 0) is 72.0 Å². The normalized spacial score (nSPS) is 11.3. The highest BCUT2D eigenvalue weighted by Gasteiger charge is 2.22. The van der Waals surface area contributed by atoms with Crippen LogP contribution in [0, 0.1) is 17.0 Å². The summed E-state index contributed by atoms with van der Waals surface area (Å²) in [5, 5.41) is 26.3. The molecule has 0 saturated carbocycles. The van der Waals surface area contributed by atoms with Gasteiger partial charge in [0.1, 0.15) is 12.4 Å². The number of para-hydroxylation sites is 1. The summed E-state index contributed by atoms with van der Waals surface area (Å²) < 4.78 is 13.1. The lowest BCUT2D eigenvalue weighted by molar-refractivity contribution is -0.386. The van der Waals surface area contributed by atoms with Gasteiger partial charge < -0.3 is 14.6 Å². The summed E-state index contributed by atoms with van der Waals surface area (Å²) in [5.74, 6) is -0.117. The zero-order chi connectivity index (χ0) is 33.1. The summed E-state index contributed by atoms with van der Waals surface area (Å²) in [5.41, 5.74) is 2.85. The van der Waals surface area contributed by atoms with Crippen molar-refractivity contribution in [1.29, 1.82) is 0 Å². The molecule has 11 nitrogen and oxygen atoms in total. The molecule has 46 heavy (non-hydrogen) atoms. The van der Waals surface area contributed by atoms with Crippen molar-refractivity contribution < 1.29 is 24.3 Å². The molecule has 0 bridgehead atoms. The minimum atomic E-state index is -1.11. The summed E-state index contributed by atoms with van der Waals surface area (Å²) in [7, 11) is 1.61. The maximum atomic E-state index is 13.9. The van der Waals surface area contributed by atoms with Crippen LogP contribution in [0.15, 0.2) is 87.2 Å². The van der Waals surface area contributed by atoms with Gasteiger partial charge >= 0.3 is 11.7 Å². The van der Waals surface area contributed by atoms with Gasteiger partial charge in [0.2, 0.25) is 5.75 Å². The number of rotatable bonds is 10. The third-order valence-corrected chi connectivity index (χ3v) is 7.78. The van der Waals surface area contributed by atoms with E-state index in [9.17, 15) is 24.8 Å². The second-order valence-electron chi connectivity index (χ2n) is 10.8. The molecule has 0 unspecified atom stereocenters. The molecule has 0 fully saturated rings. The summed E-state index contributed by atoms with van der Waals surface area (Å²) in [6, 6.07) is 19.7. The quantitative estimate of drug-likeness (QED) is 0.0914. The molecule has 1 heterocycles. The van der Waals surface area contributed by atoms with Gasteiger partial charge in [0.25, 0.3) is 5.56 Å². The molecule has 1 N–H and O–H groups in total. The number of hydrogen-bond acceptors (Lipinski definition) is 8. The average molecular weight is 686 g/mol. The zero-order valence-electron chi connectivity index (χ0n) is 25.4. The first-order valence-corrected chi connectivity index (χ1v) is 15.0. The molecule has 0 aliphatic carbocycles. The predicted octanol–water partition coefficient (Wildman–Crippen LogP) is 7.33. The van der Waals surface area contributed by atoms with Crippen molar-refractivity contribution in [3.63, 3.8) is 0 Å². The molecule has 0 amide bonds. The number of ether oxygens (including phenoxy) is 2. The van der Waals surface area contributed by atoms with Crippen LogP contribution in [0.3, 0.4) is 0 Å². The molecular formula is C34H29BrN4O7. The Balaban J connectivity index is 1.68. The van der Waals surface area contributed by atoms with E-state index in [4.69, 9.17) is 14.5 Å². The number of halogens is 1. The highest BCUT2D eigenvalue weighted by Crippen LogP contribution is 2.36. The number of methoxy groups -OCH3 is 1. The number of nitrogens with zero attached hydrogens (tertiary/aromatic N) is 4. The Hall–Kier alpha value is -5.36. The van der Waals surface area contributed by atoms with Crippen LogP contribution in [0.2, 0.25) is 0 Å². The van der Waals surface area contributed by atoms with Crippen molar-refractivity contribution in [1.82, 2.24) is 9.66 Å². The Bertz CT molecular complexity index is 2090. The summed E-state index contributed by atoms with van der Waals surface area (Å²) in [6.07, 6.45) is 1.31. The van der Waals surface area contributed by atoms with Crippen LogP contribution in [0.5, 0.6) is 11.5 Å². The Morgan fingerprint density at radius 3 is 2.59 bits per heavy atom. The zero-order valence-corrected chi connectivity index (χ0v) is 26.9. The lowest BCUT2D eigenvalue weighted by atomic mass is 9.96. The lowest BCUT2D eigenvalue weighted by Crippen LogP contribution is -2.21. The topological polar surface area (TPSA) is 146 Å². The van der Waals surface area contributed by atoms with E-state index in [0.29, 0.717) is 32.3 Å². The number of fused-ring (bicyclic) bond motifs is 1. The Kier molecular flexibility index (Phi) is 9.28. The highest BCUT2D eigenvalue weighted by atomic mass is 79.9.